The minimum absolute atomic E-state index is 0.0164. The molecule has 1 unspecified atom stereocenters. The zero-order chi connectivity index (χ0) is 25.4. The molecular formula is C25H19BrN4O3S3. The number of aromatic nitrogens is 3. The maximum Gasteiger partial charge on any atom is 0.296 e. The zero-order valence-electron chi connectivity index (χ0n) is 19.1. The maximum atomic E-state index is 13.7. The van der Waals surface area contributed by atoms with E-state index in [4.69, 9.17) is 0 Å². The van der Waals surface area contributed by atoms with E-state index >= 15 is 0 Å². The van der Waals surface area contributed by atoms with Crippen LogP contribution < -0.4 is 4.90 Å². The number of Topliss-reactive ketones (excluding diaryl/α,β-unsaturated/α-hetero) is 1. The van der Waals surface area contributed by atoms with Gasteiger partial charge in [0.15, 0.2) is 10.1 Å². The van der Waals surface area contributed by atoms with Crippen molar-refractivity contribution >= 4 is 67.2 Å². The average molecular weight is 600 g/mol. The predicted molar refractivity (Wildman–Crippen MR) is 146 cm³/mol. The third-order valence-corrected chi connectivity index (χ3v) is 9.28. The third kappa shape index (κ3) is 4.75. The van der Waals surface area contributed by atoms with Gasteiger partial charge in [-0.3, -0.25) is 14.5 Å². The van der Waals surface area contributed by atoms with Crippen LogP contribution in [0.3, 0.4) is 0 Å². The first-order valence-corrected chi connectivity index (χ1v) is 14.3. The van der Waals surface area contributed by atoms with Crippen LogP contribution in [0.1, 0.15) is 37.5 Å². The molecule has 1 aliphatic heterocycles. The van der Waals surface area contributed by atoms with Gasteiger partial charge < -0.3 is 5.11 Å². The van der Waals surface area contributed by atoms with E-state index in [-0.39, 0.29) is 5.57 Å². The molecule has 0 bridgehead atoms. The van der Waals surface area contributed by atoms with Crippen LogP contribution in [-0.4, -0.2) is 32.0 Å². The van der Waals surface area contributed by atoms with E-state index in [1.807, 2.05) is 61.5 Å². The lowest BCUT2D eigenvalue weighted by atomic mass is 9.95. The molecule has 2 aromatic carbocycles. The van der Waals surface area contributed by atoms with Crippen LogP contribution >= 0.6 is 50.4 Å². The highest BCUT2D eigenvalue weighted by molar-refractivity contribution is 9.10. The second-order valence-electron chi connectivity index (χ2n) is 7.99. The number of halogens is 1. The highest BCUT2D eigenvalue weighted by Gasteiger charge is 2.46. The molecule has 3 heterocycles. The number of ketones is 1. The predicted octanol–water partition coefficient (Wildman–Crippen LogP) is 6.45. The summed E-state index contributed by atoms with van der Waals surface area (Å²) in [5, 5.41) is 20.5. The second kappa shape index (κ2) is 10.3. The summed E-state index contributed by atoms with van der Waals surface area (Å²) in [6.07, 6.45) is 0. The molecule has 0 spiro atoms. The van der Waals surface area contributed by atoms with Gasteiger partial charge in [0.05, 0.1) is 27.2 Å². The fraction of sp³-hybridized carbons (Fsp3) is 0.160. The minimum atomic E-state index is -0.847. The molecule has 36 heavy (non-hydrogen) atoms. The largest absolute Gasteiger partial charge is 0.503 e. The maximum absolute atomic E-state index is 13.7. The Bertz CT molecular complexity index is 1480. The topological polar surface area (TPSA) is 96.3 Å². The molecule has 0 aliphatic carbocycles. The number of aliphatic hydroxyl groups is 1. The van der Waals surface area contributed by atoms with Gasteiger partial charge in [-0.1, -0.05) is 81.5 Å². The van der Waals surface area contributed by atoms with E-state index in [1.54, 1.807) is 6.92 Å². The highest BCUT2D eigenvalue weighted by Crippen LogP contribution is 2.44. The quantitative estimate of drug-likeness (QED) is 0.148. The molecule has 11 heteroatoms. The van der Waals surface area contributed by atoms with E-state index < -0.39 is 23.5 Å². The summed E-state index contributed by atoms with van der Waals surface area (Å²) in [6, 6.07) is 16.4. The summed E-state index contributed by atoms with van der Waals surface area (Å²) >= 11 is 7.44. The third-order valence-electron chi connectivity index (χ3n) is 5.56. The van der Waals surface area contributed by atoms with Gasteiger partial charge in [0.1, 0.15) is 0 Å². The number of hydrogen-bond acceptors (Lipinski definition) is 9. The van der Waals surface area contributed by atoms with Crippen molar-refractivity contribution in [3.05, 3.63) is 97.1 Å². The van der Waals surface area contributed by atoms with Crippen LogP contribution in [-0.2, 0) is 10.5 Å². The molecular weight excluding hydrogens is 580 g/mol. The van der Waals surface area contributed by atoms with Crippen LogP contribution in [0.5, 0.6) is 0 Å². The van der Waals surface area contributed by atoms with Gasteiger partial charge in [-0.25, -0.2) is 4.98 Å². The second-order valence-corrected chi connectivity index (χ2v) is 12.3. The Morgan fingerprint density at radius 1 is 1.08 bits per heavy atom. The van der Waals surface area contributed by atoms with E-state index in [2.05, 4.69) is 31.1 Å². The first-order valence-electron chi connectivity index (χ1n) is 10.8. The highest BCUT2D eigenvalue weighted by atomic mass is 79.9. The number of nitrogens with zero attached hydrogens (tertiary/aromatic N) is 4. The number of carbonyl (C=O) groups excluding carboxylic acids is 2. The summed E-state index contributed by atoms with van der Waals surface area (Å²) in [5.41, 5.74) is 2.40. The molecule has 0 fully saturated rings. The first kappa shape index (κ1) is 24.8. The lowest BCUT2D eigenvalue weighted by Gasteiger charge is -2.24. The number of aryl methyl sites for hydroxylation is 2. The molecule has 0 saturated heterocycles. The standard InChI is InChI=1S/C25H19BrN4O3S3/c1-13-22(35-14(2)27-13)20(31)18-19(16-8-10-17(26)11-9-16)30(23(33)21(18)32)24-28-29-25(36-24)34-12-15-6-4-3-5-7-15/h3-11,19,32H,12H2,1-2H3. The van der Waals surface area contributed by atoms with Crippen molar-refractivity contribution in [1.82, 2.24) is 15.2 Å². The molecule has 182 valence electrons. The lowest BCUT2D eigenvalue weighted by molar-refractivity contribution is -0.117. The van der Waals surface area contributed by atoms with Crippen molar-refractivity contribution in [2.75, 3.05) is 4.90 Å². The summed E-state index contributed by atoms with van der Waals surface area (Å²) in [7, 11) is 0. The molecule has 1 atom stereocenters. The fourth-order valence-corrected chi connectivity index (χ4v) is 6.90. The number of thioether (sulfide) groups is 1. The van der Waals surface area contributed by atoms with Crippen LogP contribution in [0.25, 0.3) is 0 Å². The molecule has 0 saturated carbocycles. The van der Waals surface area contributed by atoms with Gasteiger partial charge in [0.2, 0.25) is 10.9 Å². The molecule has 2 aromatic heterocycles. The molecule has 7 nitrogen and oxygen atoms in total. The van der Waals surface area contributed by atoms with E-state index in [0.717, 1.165) is 15.0 Å². The van der Waals surface area contributed by atoms with Crippen LogP contribution in [0.15, 0.2) is 74.7 Å². The summed E-state index contributed by atoms with van der Waals surface area (Å²) in [4.78, 5) is 33.1. The molecule has 1 N–H and O–H groups in total. The normalized spacial score (nSPS) is 15.7. The van der Waals surface area contributed by atoms with Crippen molar-refractivity contribution in [1.29, 1.82) is 0 Å². The van der Waals surface area contributed by atoms with Gasteiger partial charge in [0.25, 0.3) is 5.91 Å². The molecule has 0 radical (unpaired) electrons. The average Bonchev–Trinajstić information content (AvgIpc) is 3.54. The van der Waals surface area contributed by atoms with Crippen molar-refractivity contribution in [3.63, 3.8) is 0 Å². The first-order chi connectivity index (χ1) is 17.3. The number of anilines is 1. The zero-order valence-corrected chi connectivity index (χ0v) is 23.2. The van der Waals surface area contributed by atoms with Crippen molar-refractivity contribution < 1.29 is 14.7 Å². The van der Waals surface area contributed by atoms with Crippen LogP contribution in [0, 0.1) is 13.8 Å². The number of rotatable bonds is 7. The lowest BCUT2D eigenvalue weighted by Crippen LogP contribution is -2.31. The number of carbonyl (C=O) groups is 2. The van der Waals surface area contributed by atoms with E-state index in [9.17, 15) is 14.7 Å². The SMILES string of the molecule is Cc1nc(C)c(C(=O)C2=C(O)C(=O)N(c3nnc(SCc4ccccc4)s3)C2c2ccc(Br)cc2)s1. The monoisotopic (exact) mass is 598 g/mol. The Morgan fingerprint density at radius 2 is 1.81 bits per heavy atom. The van der Waals surface area contributed by atoms with Gasteiger partial charge in [-0.15, -0.1) is 21.5 Å². The fourth-order valence-electron chi connectivity index (χ4n) is 3.94. The Morgan fingerprint density at radius 3 is 2.47 bits per heavy atom. The number of amides is 1. The van der Waals surface area contributed by atoms with Crippen molar-refractivity contribution in [2.24, 2.45) is 0 Å². The molecule has 1 aliphatic rings. The Balaban J connectivity index is 1.52. The molecule has 4 aromatic rings. The summed E-state index contributed by atoms with van der Waals surface area (Å²) in [6.45, 7) is 3.56. The Labute approximate surface area is 228 Å². The number of benzene rings is 2. The molecule has 5 rings (SSSR count). The molecule has 1 amide bonds. The number of thiazole rings is 1. The summed E-state index contributed by atoms with van der Waals surface area (Å²) < 4.78 is 1.54. The minimum Gasteiger partial charge on any atom is -0.503 e. The number of hydrogen-bond donors (Lipinski definition) is 1. The van der Waals surface area contributed by atoms with Crippen LogP contribution in [0.4, 0.5) is 5.13 Å². The van der Waals surface area contributed by atoms with Gasteiger partial charge >= 0.3 is 0 Å². The van der Waals surface area contributed by atoms with Crippen molar-refractivity contribution in [3.8, 4) is 0 Å². The van der Waals surface area contributed by atoms with Crippen molar-refractivity contribution in [2.45, 2.75) is 30.0 Å². The Hall–Kier alpha value is -2.86. The Kier molecular flexibility index (Phi) is 7.07. The van der Waals surface area contributed by atoms with Gasteiger partial charge in [-0.05, 0) is 37.1 Å². The van der Waals surface area contributed by atoms with E-state index in [0.29, 0.717) is 31.4 Å². The van der Waals surface area contributed by atoms with E-state index in [1.165, 1.54) is 39.3 Å². The number of aliphatic hydroxyl groups excluding tert-OH is 1. The smallest absolute Gasteiger partial charge is 0.296 e. The van der Waals surface area contributed by atoms with Gasteiger partial charge in [-0.2, -0.15) is 0 Å². The van der Waals surface area contributed by atoms with Gasteiger partial charge in [0, 0.05) is 10.2 Å². The summed E-state index contributed by atoms with van der Waals surface area (Å²) in [5.74, 6) is -0.966. The van der Waals surface area contributed by atoms with Crippen LogP contribution in [0.2, 0.25) is 0 Å².